The summed E-state index contributed by atoms with van der Waals surface area (Å²) in [6.45, 7) is 4.70. The number of anilines is 2. The van der Waals surface area contributed by atoms with E-state index in [9.17, 15) is 8.42 Å². The van der Waals surface area contributed by atoms with Gasteiger partial charge in [0.1, 0.15) is 0 Å². The summed E-state index contributed by atoms with van der Waals surface area (Å²) in [6, 6.07) is 14.2. The summed E-state index contributed by atoms with van der Waals surface area (Å²) in [5.74, 6) is 0. The summed E-state index contributed by atoms with van der Waals surface area (Å²) < 4.78 is 26.6. The molecular weight excluding hydrogens is 284 g/mol. The topological polar surface area (TPSA) is 49.4 Å². The maximum absolute atomic E-state index is 12.7. The van der Waals surface area contributed by atoms with Crippen LogP contribution in [0.25, 0.3) is 0 Å². The smallest absolute Gasteiger partial charge is 0.264 e. The predicted molar refractivity (Wildman–Crippen MR) is 87.4 cm³/mol. The van der Waals surface area contributed by atoms with Crippen LogP contribution in [0, 0.1) is 6.92 Å². The van der Waals surface area contributed by atoms with Crippen LogP contribution < -0.4 is 9.62 Å². The first-order chi connectivity index (χ1) is 9.96. The summed E-state index contributed by atoms with van der Waals surface area (Å²) in [5.41, 5.74) is 2.52. The Morgan fingerprint density at radius 2 is 1.67 bits per heavy atom. The van der Waals surface area contributed by atoms with Crippen molar-refractivity contribution in [2.45, 2.75) is 18.7 Å². The van der Waals surface area contributed by atoms with Crippen molar-refractivity contribution in [2.24, 2.45) is 0 Å². The third-order valence-corrected chi connectivity index (χ3v) is 5.13. The largest absolute Gasteiger partial charge is 0.385 e. The van der Waals surface area contributed by atoms with E-state index < -0.39 is 10.0 Å². The first-order valence-corrected chi connectivity index (χ1v) is 8.29. The number of rotatable bonds is 5. The molecule has 0 aliphatic carbocycles. The second kappa shape index (κ2) is 6.18. The van der Waals surface area contributed by atoms with E-state index >= 15 is 0 Å². The lowest BCUT2D eigenvalue weighted by Crippen LogP contribution is -2.27. The Balaban J connectivity index is 2.35. The monoisotopic (exact) mass is 304 g/mol. The summed E-state index contributed by atoms with van der Waals surface area (Å²) in [4.78, 5) is 0.287. The zero-order chi connectivity index (χ0) is 15.5. The molecule has 0 radical (unpaired) electrons. The van der Waals surface area contributed by atoms with Crippen molar-refractivity contribution in [2.75, 3.05) is 23.2 Å². The van der Waals surface area contributed by atoms with Crippen molar-refractivity contribution in [3.8, 4) is 0 Å². The van der Waals surface area contributed by atoms with E-state index in [4.69, 9.17) is 0 Å². The van der Waals surface area contributed by atoms with Crippen LogP contribution in [0.1, 0.15) is 12.5 Å². The lowest BCUT2D eigenvalue weighted by molar-refractivity contribution is 0.594. The van der Waals surface area contributed by atoms with Crippen LogP contribution in [0.4, 0.5) is 11.4 Å². The molecule has 2 rings (SSSR count). The van der Waals surface area contributed by atoms with Gasteiger partial charge in [0.2, 0.25) is 0 Å². The molecule has 0 spiro atoms. The highest BCUT2D eigenvalue weighted by Gasteiger charge is 2.22. The Labute approximate surface area is 126 Å². The quantitative estimate of drug-likeness (QED) is 0.922. The van der Waals surface area contributed by atoms with Gasteiger partial charge < -0.3 is 5.32 Å². The molecule has 0 atom stereocenters. The highest BCUT2D eigenvalue weighted by Crippen LogP contribution is 2.25. The maximum atomic E-state index is 12.7. The van der Waals surface area contributed by atoms with E-state index in [0.717, 1.165) is 17.8 Å². The molecule has 21 heavy (non-hydrogen) atoms. The first kappa shape index (κ1) is 15.4. The molecule has 0 aliphatic rings. The minimum atomic E-state index is -3.54. The SMILES string of the molecule is CCNc1ccc(S(=O)(=O)N(C)c2ccccc2C)cc1. The number of aryl methyl sites for hydroxylation is 1. The third kappa shape index (κ3) is 3.19. The minimum Gasteiger partial charge on any atom is -0.385 e. The van der Waals surface area contributed by atoms with Gasteiger partial charge in [-0.05, 0) is 49.7 Å². The number of nitrogens with zero attached hydrogens (tertiary/aromatic N) is 1. The van der Waals surface area contributed by atoms with Crippen molar-refractivity contribution >= 4 is 21.4 Å². The molecule has 2 aromatic carbocycles. The van der Waals surface area contributed by atoms with Crippen LogP contribution in [-0.2, 0) is 10.0 Å². The molecule has 0 bridgehead atoms. The molecule has 0 aromatic heterocycles. The Hall–Kier alpha value is -2.01. The Morgan fingerprint density at radius 3 is 2.24 bits per heavy atom. The van der Waals surface area contributed by atoms with E-state index in [0.29, 0.717) is 5.69 Å². The number of sulfonamides is 1. The van der Waals surface area contributed by atoms with Gasteiger partial charge in [0.25, 0.3) is 10.0 Å². The summed E-state index contributed by atoms with van der Waals surface area (Å²) in [7, 11) is -1.96. The van der Waals surface area contributed by atoms with Crippen molar-refractivity contribution in [3.63, 3.8) is 0 Å². The van der Waals surface area contributed by atoms with Crippen LogP contribution in [0.5, 0.6) is 0 Å². The fourth-order valence-electron chi connectivity index (χ4n) is 2.15. The maximum Gasteiger partial charge on any atom is 0.264 e. The van der Waals surface area contributed by atoms with Gasteiger partial charge in [-0.25, -0.2) is 8.42 Å². The first-order valence-electron chi connectivity index (χ1n) is 6.85. The molecule has 0 heterocycles. The number of nitrogens with one attached hydrogen (secondary N) is 1. The third-order valence-electron chi connectivity index (χ3n) is 3.35. The molecule has 2 aromatic rings. The average molecular weight is 304 g/mol. The zero-order valence-electron chi connectivity index (χ0n) is 12.5. The molecule has 0 fully saturated rings. The Kier molecular flexibility index (Phi) is 4.53. The molecule has 0 unspecified atom stereocenters. The van der Waals surface area contributed by atoms with E-state index in [1.807, 2.05) is 32.0 Å². The number of hydrogen-bond acceptors (Lipinski definition) is 3. The van der Waals surface area contributed by atoms with Gasteiger partial charge in [-0.15, -0.1) is 0 Å². The fraction of sp³-hybridized carbons (Fsp3) is 0.250. The Bertz CT molecular complexity index is 709. The minimum absolute atomic E-state index is 0.287. The predicted octanol–water partition coefficient (Wildman–Crippen LogP) is 3.25. The van der Waals surface area contributed by atoms with Gasteiger partial charge >= 0.3 is 0 Å². The standard InChI is InChI=1S/C16H20N2O2S/c1-4-17-14-9-11-15(12-10-14)21(19,20)18(3)16-8-6-5-7-13(16)2/h5-12,17H,4H2,1-3H3. The highest BCUT2D eigenvalue weighted by atomic mass is 32.2. The lowest BCUT2D eigenvalue weighted by atomic mass is 10.2. The normalized spacial score (nSPS) is 11.2. The van der Waals surface area contributed by atoms with Crippen molar-refractivity contribution in [1.29, 1.82) is 0 Å². The number of benzene rings is 2. The van der Waals surface area contributed by atoms with Gasteiger partial charge in [0, 0.05) is 19.3 Å². The number of hydrogen-bond donors (Lipinski definition) is 1. The lowest BCUT2D eigenvalue weighted by Gasteiger charge is -2.21. The summed E-state index contributed by atoms with van der Waals surface area (Å²) in [5, 5.41) is 3.15. The molecular formula is C16H20N2O2S. The number of para-hydroxylation sites is 1. The van der Waals surface area contributed by atoms with E-state index in [1.165, 1.54) is 4.31 Å². The zero-order valence-corrected chi connectivity index (χ0v) is 13.3. The van der Waals surface area contributed by atoms with Gasteiger partial charge in [-0.3, -0.25) is 4.31 Å². The second-order valence-electron chi connectivity index (χ2n) is 4.81. The fourth-order valence-corrected chi connectivity index (χ4v) is 3.41. The van der Waals surface area contributed by atoms with Crippen LogP contribution >= 0.6 is 0 Å². The highest BCUT2D eigenvalue weighted by molar-refractivity contribution is 7.92. The molecule has 0 saturated heterocycles. The summed E-state index contributed by atoms with van der Waals surface area (Å²) in [6.07, 6.45) is 0. The van der Waals surface area contributed by atoms with Crippen LogP contribution in [0.2, 0.25) is 0 Å². The molecule has 5 heteroatoms. The molecule has 0 saturated carbocycles. The van der Waals surface area contributed by atoms with E-state index in [2.05, 4.69) is 5.32 Å². The van der Waals surface area contributed by atoms with E-state index in [-0.39, 0.29) is 4.90 Å². The average Bonchev–Trinajstić information content (AvgIpc) is 2.48. The van der Waals surface area contributed by atoms with Crippen molar-refractivity contribution < 1.29 is 8.42 Å². The Morgan fingerprint density at radius 1 is 1.05 bits per heavy atom. The van der Waals surface area contributed by atoms with Crippen LogP contribution in [0.15, 0.2) is 53.4 Å². The van der Waals surface area contributed by atoms with E-state index in [1.54, 1.807) is 37.4 Å². The second-order valence-corrected chi connectivity index (χ2v) is 6.78. The van der Waals surface area contributed by atoms with Gasteiger partial charge in [-0.2, -0.15) is 0 Å². The van der Waals surface area contributed by atoms with Gasteiger partial charge in [0.05, 0.1) is 10.6 Å². The molecule has 0 amide bonds. The van der Waals surface area contributed by atoms with Gasteiger partial charge in [0.15, 0.2) is 0 Å². The summed E-state index contributed by atoms with van der Waals surface area (Å²) >= 11 is 0. The van der Waals surface area contributed by atoms with Gasteiger partial charge in [-0.1, -0.05) is 18.2 Å². The molecule has 0 aliphatic heterocycles. The van der Waals surface area contributed by atoms with Crippen molar-refractivity contribution in [3.05, 3.63) is 54.1 Å². The molecule has 4 nitrogen and oxygen atoms in total. The van der Waals surface area contributed by atoms with Crippen molar-refractivity contribution in [1.82, 2.24) is 0 Å². The molecule has 112 valence electrons. The van der Waals surface area contributed by atoms with Crippen LogP contribution in [-0.4, -0.2) is 22.0 Å². The van der Waals surface area contributed by atoms with Crippen LogP contribution in [0.3, 0.4) is 0 Å². The molecule has 1 N–H and O–H groups in total.